The molecule has 7 heteroatoms. The number of benzene rings is 1. The summed E-state index contributed by atoms with van der Waals surface area (Å²) in [5.41, 5.74) is 0.534. The predicted octanol–water partition coefficient (Wildman–Crippen LogP) is 2.67. The molecule has 7 nitrogen and oxygen atoms in total. The monoisotopic (exact) mass is 363 g/mol. The quantitative estimate of drug-likeness (QED) is 0.569. The molecule has 0 radical (unpaired) electrons. The highest BCUT2D eigenvalue weighted by atomic mass is 17.0. The fourth-order valence-electron chi connectivity index (χ4n) is 3.70. The number of ether oxygens (including phenoxy) is 3. The van der Waals surface area contributed by atoms with E-state index in [9.17, 15) is 4.79 Å². The maximum atomic E-state index is 12.6. The molecule has 0 unspecified atom stereocenters. The van der Waals surface area contributed by atoms with Crippen LogP contribution in [-0.2, 0) is 23.9 Å². The lowest BCUT2D eigenvalue weighted by Gasteiger charge is -2.38. The lowest BCUT2D eigenvalue weighted by atomic mass is 9.92. The van der Waals surface area contributed by atoms with Crippen LogP contribution < -0.4 is 0 Å². The second kappa shape index (κ2) is 8.02. The molecule has 0 aliphatic carbocycles. The van der Waals surface area contributed by atoms with Crippen LogP contribution in [0.2, 0.25) is 0 Å². The lowest BCUT2D eigenvalue weighted by Crippen LogP contribution is -2.52. The third-order valence-corrected chi connectivity index (χ3v) is 5.07. The zero-order valence-electron chi connectivity index (χ0n) is 14.9. The molecule has 5 atom stereocenters. The zero-order chi connectivity index (χ0) is 17.9. The highest BCUT2D eigenvalue weighted by Crippen LogP contribution is 2.42. The molecule has 0 saturated carbocycles. The van der Waals surface area contributed by atoms with Gasteiger partial charge in [-0.25, -0.2) is 14.5 Å². The molecule has 26 heavy (non-hydrogen) atoms. The predicted molar refractivity (Wildman–Crippen MR) is 90.6 cm³/mol. The lowest BCUT2D eigenvalue weighted by molar-refractivity contribution is -0.457. The molecular weight excluding hydrogens is 338 g/mol. The van der Waals surface area contributed by atoms with Gasteiger partial charge in [-0.1, -0.05) is 36.8 Å². The Morgan fingerprint density at radius 1 is 1.27 bits per heavy atom. The summed E-state index contributed by atoms with van der Waals surface area (Å²) < 4.78 is 17.3. The first-order valence-electron chi connectivity index (χ1n) is 9.38. The van der Waals surface area contributed by atoms with Gasteiger partial charge in [0.1, 0.15) is 12.1 Å². The van der Waals surface area contributed by atoms with Crippen molar-refractivity contribution >= 4 is 5.97 Å². The van der Waals surface area contributed by atoms with Gasteiger partial charge in [0.15, 0.2) is 12.6 Å². The van der Waals surface area contributed by atoms with Crippen LogP contribution in [0.1, 0.15) is 43.0 Å². The third-order valence-electron chi connectivity index (χ3n) is 5.07. The van der Waals surface area contributed by atoms with Crippen molar-refractivity contribution in [2.24, 2.45) is 5.92 Å². The van der Waals surface area contributed by atoms with Crippen molar-refractivity contribution in [3.63, 3.8) is 0 Å². The van der Waals surface area contributed by atoms with Crippen LogP contribution in [0.15, 0.2) is 30.3 Å². The Kier molecular flexibility index (Phi) is 5.52. The van der Waals surface area contributed by atoms with Gasteiger partial charge in [-0.3, -0.25) is 0 Å². The van der Waals surface area contributed by atoms with Crippen LogP contribution in [0.5, 0.6) is 0 Å². The number of carbonyl (C=O) groups is 1. The SMILES string of the molecule is CCCCO[C@@H]1C[C@H](OC(=O)c2ccccc2)[C@H]2[C@@H]3CCO[C@@H]3ON2O1. The molecule has 3 saturated heterocycles. The standard InChI is InChI=1S/C19H25NO6/c1-2-3-10-22-16-12-15(24-18(21)13-7-5-4-6-8-13)17-14-9-11-23-19(14)26-20(17)25-16/h4-8,14-17,19H,2-3,9-12H2,1H3/t14-,15-,16-,17+,19+/m0/s1. The van der Waals surface area contributed by atoms with E-state index < -0.39 is 6.29 Å². The van der Waals surface area contributed by atoms with E-state index in [1.54, 1.807) is 12.1 Å². The summed E-state index contributed by atoms with van der Waals surface area (Å²) in [6.07, 6.45) is 2.12. The minimum absolute atomic E-state index is 0.125. The Balaban J connectivity index is 1.47. The minimum atomic E-state index is -0.495. The Morgan fingerprint density at radius 2 is 2.12 bits per heavy atom. The van der Waals surface area contributed by atoms with Crippen molar-refractivity contribution in [3.8, 4) is 0 Å². The van der Waals surface area contributed by atoms with Gasteiger partial charge in [0.05, 0.1) is 12.2 Å². The fourth-order valence-corrected chi connectivity index (χ4v) is 3.70. The molecule has 0 aromatic heterocycles. The van der Waals surface area contributed by atoms with Gasteiger partial charge in [-0.15, -0.1) is 0 Å². The summed E-state index contributed by atoms with van der Waals surface area (Å²) in [5.74, 6) is -0.215. The molecular formula is C19H25NO6. The average Bonchev–Trinajstić information content (AvgIpc) is 3.23. The summed E-state index contributed by atoms with van der Waals surface area (Å²) >= 11 is 0. The van der Waals surface area contributed by atoms with Gasteiger partial charge in [0, 0.05) is 18.9 Å². The molecule has 142 valence electrons. The van der Waals surface area contributed by atoms with E-state index in [1.165, 1.54) is 5.23 Å². The van der Waals surface area contributed by atoms with Gasteiger partial charge < -0.3 is 14.2 Å². The van der Waals surface area contributed by atoms with Crippen LogP contribution >= 0.6 is 0 Å². The third kappa shape index (κ3) is 3.63. The van der Waals surface area contributed by atoms with Gasteiger partial charge >= 0.3 is 5.97 Å². The van der Waals surface area contributed by atoms with E-state index in [-0.39, 0.29) is 30.3 Å². The van der Waals surface area contributed by atoms with E-state index in [0.29, 0.717) is 25.2 Å². The van der Waals surface area contributed by atoms with Gasteiger partial charge in [-0.2, -0.15) is 0 Å². The Bertz CT molecular complexity index is 611. The summed E-state index contributed by atoms with van der Waals surface area (Å²) in [4.78, 5) is 24.2. The first-order chi connectivity index (χ1) is 12.8. The number of hydrogen-bond donors (Lipinski definition) is 0. The summed E-state index contributed by atoms with van der Waals surface area (Å²) in [7, 11) is 0. The average molecular weight is 363 g/mol. The summed E-state index contributed by atoms with van der Waals surface area (Å²) in [6, 6.07) is 8.84. The van der Waals surface area contributed by atoms with Crippen LogP contribution in [0.25, 0.3) is 0 Å². The normalized spacial score (nSPS) is 33.7. The smallest absolute Gasteiger partial charge is 0.338 e. The summed E-state index contributed by atoms with van der Waals surface area (Å²) in [6.45, 7) is 3.35. The largest absolute Gasteiger partial charge is 0.457 e. The number of nitrogens with zero attached hydrogens (tertiary/aromatic N) is 1. The van der Waals surface area contributed by atoms with Gasteiger partial charge in [0.25, 0.3) is 0 Å². The number of hydrogen-bond acceptors (Lipinski definition) is 7. The van der Waals surface area contributed by atoms with Crippen molar-refractivity contribution in [1.82, 2.24) is 5.23 Å². The van der Waals surface area contributed by atoms with Gasteiger partial charge in [0.2, 0.25) is 0 Å². The number of hydroxylamine groups is 2. The Labute approximate surface area is 153 Å². The second-order valence-corrected chi connectivity index (χ2v) is 6.88. The molecule has 3 heterocycles. The van der Waals surface area contributed by atoms with E-state index in [4.69, 9.17) is 23.9 Å². The highest BCUT2D eigenvalue weighted by Gasteiger charge is 2.56. The van der Waals surface area contributed by atoms with Crippen LogP contribution in [0.3, 0.4) is 0 Å². The van der Waals surface area contributed by atoms with Crippen molar-refractivity contribution < 1.29 is 28.7 Å². The Hall–Kier alpha value is -1.51. The zero-order valence-corrected chi connectivity index (χ0v) is 14.9. The summed E-state index contributed by atoms with van der Waals surface area (Å²) in [5, 5.41) is 1.44. The van der Waals surface area contributed by atoms with Crippen LogP contribution in [0, 0.1) is 5.92 Å². The van der Waals surface area contributed by atoms with E-state index in [2.05, 4.69) is 6.92 Å². The van der Waals surface area contributed by atoms with Crippen molar-refractivity contribution in [1.29, 1.82) is 0 Å². The van der Waals surface area contributed by atoms with E-state index in [1.807, 2.05) is 18.2 Å². The molecule has 3 fully saturated rings. The van der Waals surface area contributed by atoms with Gasteiger partial charge in [-0.05, 0) is 25.0 Å². The molecule has 1 aromatic carbocycles. The number of unbranched alkanes of at least 4 members (excludes halogenated alkanes) is 1. The van der Waals surface area contributed by atoms with E-state index in [0.717, 1.165) is 19.3 Å². The number of fused-ring (bicyclic) bond motifs is 3. The molecule has 0 amide bonds. The first kappa shape index (κ1) is 17.9. The minimum Gasteiger partial charge on any atom is -0.457 e. The highest BCUT2D eigenvalue weighted by molar-refractivity contribution is 5.89. The number of carbonyl (C=O) groups excluding carboxylic acids is 1. The Morgan fingerprint density at radius 3 is 2.92 bits per heavy atom. The molecule has 0 bridgehead atoms. The molecule has 4 rings (SSSR count). The maximum Gasteiger partial charge on any atom is 0.338 e. The molecule has 0 N–H and O–H groups in total. The molecule has 3 aliphatic heterocycles. The van der Waals surface area contributed by atoms with Crippen molar-refractivity contribution in [2.75, 3.05) is 13.2 Å². The van der Waals surface area contributed by atoms with Crippen molar-refractivity contribution in [3.05, 3.63) is 35.9 Å². The maximum absolute atomic E-state index is 12.6. The first-order valence-corrected chi connectivity index (χ1v) is 9.38. The van der Waals surface area contributed by atoms with Crippen LogP contribution in [-0.4, -0.2) is 49.1 Å². The topological polar surface area (TPSA) is 66.5 Å². The molecule has 1 aromatic rings. The molecule has 0 spiro atoms. The van der Waals surface area contributed by atoms with Crippen LogP contribution in [0.4, 0.5) is 0 Å². The van der Waals surface area contributed by atoms with Crippen molar-refractivity contribution in [2.45, 2.75) is 57.3 Å². The second-order valence-electron chi connectivity index (χ2n) is 6.88. The fraction of sp³-hybridized carbons (Fsp3) is 0.632. The number of rotatable bonds is 6. The van der Waals surface area contributed by atoms with E-state index >= 15 is 0 Å². The molecule has 3 aliphatic rings. The number of esters is 1.